The van der Waals surface area contributed by atoms with E-state index in [-0.39, 0.29) is 6.10 Å². The minimum Gasteiger partial charge on any atom is -0.380 e. The van der Waals surface area contributed by atoms with Crippen molar-refractivity contribution in [2.75, 3.05) is 33.3 Å². The van der Waals surface area contributed by atoms with E-state index < -0.39 is 0 Å². The summed E-state index contributed by atoms with van der Waals surface area (Å²) in [4.78, 5) is 2.25. The molecule has 0 amide bonds. The molecule has 1 atom stereocenters. The molecular formula is C11H22N2O. The van der Waals surface area contributed by atoms with E-state index in [1.54, 1.807) is 7.11 Å². The van der Waals surface area contributed by atoms with Gasteiger partial charge in [-0.25, -0.2) is 0 Å². The molecule has 0 aromatic carbocycles. The highest BCUT2D eigenvalue weighted by Gasteiger charge is 2.07. The van der Waals surface area contributed by atoms with E-state index >= 15 is 0 Å². The third kappa shape index (κ3) is 5.91. The third-order valence-corrected chi connectivity index (χ3v) is 2.14. The number of hydrogen-bond donors (Lipinski definition) is 1. The van der Waals surface area contributed by atoms with Crippen LogP contribution >= 0.6 is 0 Å². The van der Waals surface area contributed by atoms with E-state index in [2.05, 4.69) is 18.1 Å². The molecule has 0 rings (SSSR count). The van der Waals surface area contributed by atoms with Crippen LogP contribution in [0.5, 0.6) is 0 Å². The Morgan fingerprint density at radius 2 is 1.93 bits per heavy atom. The minimum absolute atomic E-state index is 0.159. The van der Waals surface area contributed by atoms with Gasteiger partial charge in [0.1, 0.15) is 0 Å². The van der Waals surface area contributed by atoms with Gasteiger partial charge in [0, 0.05) is 33.3 Å². The maximum absolute atomic E-state index is 5.53. The molecule has 0 aromatic rings. The van der Waals surface area contributed by atoms with Crippen LogP contribution in [0.2, 0.25) is 0 Å². The molecule has 0 aliphatic rings. The van der Waals surface area contributed by atoms with E-state index in [1.165, 1.54) is 0 Å². The highest BCUT2D eigenvalue weighted by molar-refractivity contribution is 4.80. The Kier molecular flexibility index (Phi) is 8.53. The molecule has 0 radical (unpaired) electrons. The molecule has 3 heteroatoms. The van der Waals surface area contributed by atoms with Crippen molar-refractivity contribution in [3.8, 4) is 0 Å². The maximum Gasteiger partial charge on any atom is 0.0705 e. The first-order valence-corrected chi connectivity index (χ1v) is 4.95. The van der Waals surface area contributed by atoms with Gasteiger partial charge >= 0.3 is 0 Å². The van der Waals surface area contributed by atoms with Gasteiger partial charge in [0.25, 0.3) is 0 Å². The van der Waals surface area contributed by atoms with E-state index in [0.29, 0.717) is 6.54 Å². The molecule has 1 unspecified atom stereocenters. The molecule has 14 heavy (non-hydrogen) atoms. The number of methoxy groups -OCH3 is 1. The zero-order valence-corrected chi connectivity index (χ0v) is 9.11. The van der Waals surface area contributed by atoms with Crippen molar-refractivity contribution in [1.29, 1.82) is 0 Å². The number of hydrogen-bond acceptors (Lipinski definition) is 3. The molecule has 0 aliphatic carbocycles. The normalized spacial score (nSPS) is 12.8. The summed E-state index contributed by atoms with van der Waals surface area (Å²) in [5, 5.41) is 0. The van der Waals surface area contributed by atoms with E-state index in [0.717, 1.165) is 26.1 Å². The zero-order chi connectivity index (χ0) is 10.8. The van der Waals surface area contributed by atoms with Crippen LogP contribution in [-0.4, -0.2) is 44.3 Å². The Morgan fingerprint density at radius 3 is 2.29 bits per heavy atom. The molecule has 0 aliphatic heterocycles. The molecule has 0 saturated carbocycles. The highest BCUT2D eigenvalue weighted by Crippen LogP contribution is 1.99. The van der Waals surface area contributed by atoms with E-state index in [4.69, 9.17) is 10.5 Å². The highest BCUT2D eigenvalue weighted by atomic mass is 16.5. The fourth-order valence-electron chi connectivity index (χ4n) is 1.28. The van der Waals surface area contributed by atoms with Gasteiger partial charge in [0.15, 0.2) is 0 Å². The molecule has 82 valence electrons. The average Bonchev–Trinajstić information content (AvgIpc) is 2.20. The van der Waals surface area contributed by atoms with Crippen molar-refractivity contribution in [3.63, 3.8) is 0 Å². The number of ether oxygens (including phenoxy) is 1. The molecule has 0 fully saturated rings. The topological polar surface area (TPSA) is 38.5 Å². The molecular weight excluding hydrogens is 176 g/mol. The second-order valence-electron chi connectivity index (χ2n) is 3.22. The smallest absolute Gasteiger partial charge is 0.0705 e. The number of nitrogens with two attached hydrogens (primary N) is 1. The van der Waals surface area contributed by atoms with Crippen LogP contribution in [0.15, 0.2) is 25.3 Å². The largest absolute Gasteiger partial charge is 0.380 e. The van der Waals surface area contributed by atoms with Crippen LogP contribution in [0, 0.1) is 0 Å². The molecule has 0 bridgehead atoms. The Bertz CT molecular complexity index is 145. The molecule has 0 spiro atoms. The first-order chi connectivity index (χ1) is 6.78. The Hall–Kier alpha value is -0.640. The summed E-state index contributed by atoms with van der Waals surface area (Å²) < 4.78 is 5.20. The van der Waals surface area contributed by atoms with Gasteiger partial charge in [-0.15, -0.1) is 13.2 Å². The zero-order valence-electron chi connectivity index (χ0n) is 9.11. The predicted molar refractivity (Wildman–Crippen MR) is 61.3 cm³/mol. The van der Waals surface area contributed by atoms with Crippen LogP contribution < -0.4 is 5.73 Å². The second kappa shape index (κ2) is 8.94. The monoisotopic (exact) mass is 198 g/mol. The van der Waals surface area contributed by atoms with E-state index in [9.17, 15) is 0 Å². The standard InChI is InChI=1S/C11H22N2O/c1-4-7-13(8-5-2)9-6-11(10-12)14-3/h4-5,11H,1-2,6-10,12H2,3H3. The van der Waals surface area contributed by atoms with Gasteiger partial charge in [0.2, 0.25) is 0 Å². The lowest BCUT2D eigenvalue weighted by Gasteiger charge is -2.21. The van der Waals surface area contributed by atoms with Crippen molar-refractivity contribution in [3.05, 3.63) is 25.3 Å². The van der Waals surface area contributed by atoms with Gasteiger partial charge in [-0.2, -0.15) is 0 Å². The summed E-state index contributed by atoms with van der Waals surface area (Å²) in [6, 6.07) is 0. The fourth-order valence-corrected chi connectivity index (χ4v) is 1.28. The summed E-state index contributed by atoms with van der Waals surface area (Å²) in [5.41, 5.74) is 5.53. The molecule has 0 saturated heterocycles. The minimum atomic E-state index is 0.159. The van der Waals surface area contributed by atoms with Gasteiger partial charge in [0.05, 0.1) is 6.10 Å². The van der Waals surface area contributed by atoms with Crippen LogP contribution in [0.1, 0.15) is 6.42 Å². The van der Waals surface area contributed by atoms with Crippen LogP contribution in [0.4, 0.5) is 0 Å². The molecule has 2 N–H and O–H groups in total. The predicted octanol–water partition coefficient (Wildman–Crippen LogP) is 1.02. The number of nitrogens with zero attached hydrogens (tertiary/aromatic N) is 1. The lowest BCUT2D eigenvalue weighted by Crippen LogP contribution is -2.31. The third-order valence-electron chi connectivity index (χ3n) is 2.14. The summed E-state index contributed by atoms with van der Waals surface area (Å²) >= 11 is 0. The van der Waals surface area contributed by atoms with Crippen molar-refractivity contribution >= 4 is 0 Å². The van der Waals surface area contributed by atoms with Crippen molar-refractivity contribution < 1.29 is 4.74 Å². The van der Waals surface area contributed by atoms with Crippen LogP contribution in [-0.2, 0) is 4.74 Å². The SMILES string of the molecule is C=CCN(CC=C)CCC(CN)OC. The summed E-state index contributed by atoms with van der Waals surface area (Å²) in [6.07, 6.45) is 4.91. The Morgan fingerprint density at radius 1 is 1.36 bits per heavy atom. The van der Waals surface area contributed by atoms with E-state index in [1.807, 2.05) is 12.2 Å². The Labute approximate surface area is 87.2 Å². The summed E-state index contributed by atoms with van der Waals surface area (Å²) in [6.45, 7) is 10.7. The quantitative estimate of drug-likeness (QED) is 0.562. The molecule has 3 nitrogen and oxygen atoms in total. The lowest BCUT2D eigenvalue weighted by atomic mass is 10.2. The summed E-state index contributed by atoms with van der Waals surface area (Å²) in [5.74, 6) is 0. The first-order valence-electron chi connectivity index (χ1n) is 4.95. The molecule has 0 heterocycles. The van der Waals surface area contributed by atoms with Crippen LogP contribution in [0.3, 0.4) is 0 Å². The summed E-state index contributed by atoms with van der Waals surface area (Å²) in [7, 11) is 1.70. The molecule has 0 aromatic heterocycles. The van der Waals surface area contributed by atoms with Gasteiger partial charge < -0.3 is 10.5 Å². The number of rotatable bonds is 9. The van der Waals surface area contributed by atoms with Crippen molar-refractivity contribution in [2.24, 2.45) is 5.73 Å². The van der Waals surface area contributed by atoms with Gasteiger partial charge in [-0.1, -0.05) is 12.2 Å². The van der Waals surface area contributed by atoms with Crippen molar-refractivity contribution in [1.82, 2.24) is 4.90 Å². The van der Waals surface area contributed by atoms with Gasteiger partial charge in [-0.05, 0) is 6.42 Å². The van der Waals surface area contributed by atoms with Crippen molar-refractivity contribution in [2.45, 2.75) is 12.5 Å². The van der Waals surface area contributed by atoms with Gasteiger partial charge in [-0.3, -0.25) is 4.90 Å². The fraction of sp³-hybridized carbons (Fsp3) is 0.636. The lowest BCUT2D eigenvalue weighted by molar-refractivity contribution is 0.0923. The van der Waals surface area contributed by atoms with Crippen LogP contribution in [0.25, 0.3) is 0 Å². The Balaban J connectivity index is 3.77. The first kappa shape index (κ1) is 13.4. The maximum atomic E-state index is 5.53. The average molecular weight is 198 g/mol. The second-order valence-corrected chi connectivity index (χ2v) is 3.22.